The lowest BCUT2D eigenvalue weighted by Gasteiger charge is -2.34. The first kappa shape index (κ1) is 37.8. The van der Waals surface area contributed by atoms with Gasteiger partial charge in [-0.15, -0.1) is 12.4 Å². The van der Waals surface area contributed by atoms with Crippen molar-refractivity contribution in [2.75, 3.05) is 6.54 Å². The van der Waals surface area contributed by atoms with Crippen molar-refractivity contribution in [2.45, 2.75) is 116 Å². The van der Waals surface area contributed by atoms with Gasteiger partial charge >= 0.3 is 5.97 Å². The summed E-state index contributed by atoms with van der Waals surface area (Å²) in [6.07, 6.45) is 11.1. The summed E-state index contributed by atoms with van der Waals surface area (Å²) >= 11 is 0. The van der Waals surface area contributed by atoms with Gasteiger partial charge < -0.3 is 32.2 Å². The van der Waals surface area contributed by atoms with Crippen LogP contribution >= 0.6 is 12.4 Å². The fourth-order valence-electron chi connectivity index (χ4n) is 6.56. The van der Waals surface area contributed by atoms with Crippen molar-refractivity contribution >= 4 is 42.0 Å². The van der Waals surface area contributed by atoms with Crippen molar-refractivity contribution in [1.29, 1.82) is 10.8 Å². The van der Waals surface area contributed by atoms with Crippen molar-refractivity contribution in [3.8, 4) is 0 Å². The van der Waals surface area contributed by atoms with Crippen LogP contribution in [0.2, 0.25) is 0 Å². The van der Waals surface area contributed by atoms with Crippen LogP contribution in [-0.4, -0.2) is 54.3 Å². The summed E-state index contributed by atoms with van der Waals surface area (Å²) in [5.41, 5.74) is 12.7. The van der Waals surface area contributed by atoms with E-state index in [1.54, 1.807) is 13.8 Å². The van der Waals surface area contributed by atoms with Crippen LogP contribution in [0.15, 0.2) is 24.3 Å². The Hall–Kier alpha value is -3.34. The number of halogens is 1. The van der Waals surface area contributed by atoms with E-state index < -0.39 is 18.1 Å². The van der Waals surface area contributed by atoms with E-state index in [9.17, 15) is 14.4 Å². The number of benzene rings is 1. The van der Waals surface area contributed by atoms with Crippen molar-refractivity contribution in [1.82, 2.24) is 16.0 Å². The summed E-state index contributed by atoms with van der Waals surface area (Å²) in [7, 11) is 0. The Labute approximate surface area is 274 Å². The van der Waals surface area contributed by atoms with Crippen LogP contribution in [-0.2, 0) is 25.5 Å². The number of hydrogen-bond acceptors (Lipinski definition) is 6. The molecular formula is C33H54ClN7O4. The van der Waals surface area contributed by atoms with Gasteiger partial charge in [0.05, 0.1) is 6.10 Å². The number of hydrogen-bond donors (Lipinski definition) is 7. The van der Waals surface area contributed by atoms with Gasteiger partial charge in [-0.05, 0) is 76.2 Å². The van der Waals surface area contributed by atoms with Crippen LogP contribution in [0.25, 0.3) is 0 Å². The molecule has 2 saturated carbocycles. The minimum atomic E-state index is -0.879. The Balaban J connectivity index is 0.00000705. The van der Waals surface area contributed by atoms with Crippen LogP contribution in [0, 0.1) is 28.6 Å². The van der Waals surface area contributed by atoms with E-state index in [1.165, 1.54) is 6.42 Å². The van der Waals surface area contributed by atoms with Crippen LogP contribution < -0.4 is 27.4 Å². The second-order valence-electron chi connectivity index (χ2n) is 12.7. The van der Waals surface area contributed by atoms with Gasteiger partial charge in [0.1, 0.15) is 17.9 Å². The quantitative estimate of drug-likeness (QED) is 0.0648. The zero-order chi connectivity index (χ0) is 32.1. The molecule has 0 aromatic heterocycles. The van der Waals surface area contributed by atoms with Crippen LogP contribution in [0.1, 0.15) is 102 Å². The molecule has 11 nitrogen and oxygen atoms in total. The molecule has 2 fully saturated rings. The lowest BCUT2D eigenvalue weighted by Crippen LogP contribution is -2.56. The molecule has 45 heavy (non-hydrogen) atoms. The number of ether oxygens (including phenoxy) is 1. The van der Waals surface area contributed by atoms with E-state index in [2.05, 4.69) is 16.0 Å². The van der Waals surface area contributed by atoms with E-state index in [0.29, 0.717) is 31.4 Å². The topological polar surface area (TPSA) is 196 Å². The highest BCUT2D eigenvalue weighted by Crippen LogP contribution is 2.33. The van der Waals surface area contributed by atoms with Crippen LogP contribution in [0.5, 0.6) is 0 Å². The number of rotatable bonds is 15. The van der Waals surface area contributed by atoms with E-state index in [0.717, 1.165) is 63.4 Å². The van der Waals surface area contributed by atoms with Gasteiger partial charge in [-0.3, -0.25) is 20.4 Å². The molecule has 252 valence electrons. The number of carbonyl (C=O) groups is 3. The average Bonchev–Trinajstić information content (AvgIpc) is 3.00. The molecule has 2 aliphatic carbocycles. The molecule has 0 radical (unpaired) electrons. The maximum Gasteiger partial charge on any atom is 0.328 e. The van der Waals surface area contributed by atoms with Crippen LogP contribution in [0.4, 0.5) is 0 Å². The number of carbonyl (C=O) groups excluding carboxylic acids is 3. The van der Waals surface area contributed by atoms with Gasteiger partial charge in [-0.25, -0.2) is 4.79 Å². The summed E-state index contributed by atoms with van der Waals surface area (Å²) in [6, 6.07) is 5.85. The van der Waals surface area contributed by atoms with Gasteiger partial charge in [0.2, 0.25) is 11.8 Å². The summed E-state index contributed by atoms with van der Waals surface area (Å²) in [5, 5.41) is 23.9. The molecule has 2 amide bonds. The predicted octanol–water partition coefficient (Wildman–Crippen LogP) is 3.90. The first-order chi connectivity index (χ1) is 21.0. The second-order valence-corrected chi connectivity index (χ2v) is 12.7. The monoisotopic (exact) mass is 647 g/mol. The van der Waals surface area contributed by atoms with Crippen molar-refractivity contribution in [2.24, 2.45) is 29.2 Å². The third kappa shape index (κ3) is 12.5. The van der Waals surface area contributed by atoms with Gasteiger partial charge in [0.25, 0.3) is 0 Å². The maximum absolute atomic E-state index is 14.1. The minimum Gasteiger partial charge on any atom is -0.461 e. The molecule has 2 aliphatic rings. The smallest absolute Gasteiger partial charge is 0.328 e. The molecule has 0 heterocycles. The van der Waals surface area contributed by atoms with Gasteiger partial charge in [-0.1, -0.05) is 62.8 Å². The first-order valence-corrected chi connectivity index (χ1v) is 16.4. The Morgan fingerprint density at radius 1 is 0.867 bits per heavy atom. The SMILES string of the molecule is CC(C)OC(=O)C(CCCNC(=N)N)NC(=O)C(NC(=O)C(Cc1ccc(C(=N)N)cc1)C1CCCCC1)C1CCCCC1.Cl. The summed E-state index contributed by atoms with van der Waals surface area (Å²) < 4.78 is 5.46. The Morgan fingerprint density at radius 2 is 1.44 bits per heavy atom. The van der Waals surface area contributed by atoms with Crippen molar-refractivity contribution in [3.05, 3.63) is 35.4 Å². The van der Waals surface area contributed by atoms with Crippen molar-refractivity contribution < 1.29 is 19.1 Å². The molecule has 0 spiro atoms. The normalized spacial score (nSPS) is 17.7. The summed E-state index contributed by atoms with van der Waals surface area (Å²) in [6.45, 7) is 3.91. The summed E-state index contributed by atoms with van der Waals surface area (Å²) in [5.74, 6) is -1.24. The zero-order valence-corrected chi connectivity index (χ0v) is 27.7. The maximum atomic E-state index is 14.1. The molecule has 12 heteroatoms. The second kappa shape index (κ2) is 19.2. The van der Waals surface area contributed by atoms with Crippen LogP contribution in [0.3, 0.4) is 0 Å². The minimum absolute atomic E-state index is 0. The highest BCUT2D eigenvalue weighted by Gasteiger charge is 2.37. The molecule has 1 aromatic carbocycles. The fourth-order valence-corrected chi connectivity index (χ4v) is 6.56. The lowest BCUT2D eigenvalue weighted by molar-refractivity contribution is -0.152. The van der Waals surface area contributed by atoms with E-state index in [-0.39, 0.29) is 59.9 Å². The fraction of sp³-hybridized carbons (Fsp3) is 0.667. The number of esters is 1. The Kier molecular flexibility index (Phi) is 16.2. The first-order valence-electron chi connectivity index (χ1n) is 16.4. The Bertz CT molecular complexity index is 1120. The zero-order valence-electron chi connectivity index (χ0n) is 26.9. The number of amides is 2. The number of nitrogen functional groups attached to an aromatic ring is 1. The third-order valence-electron chi connectivity index (χ3n) is 8.92. The van der Waals surface area contributed by atoms with Gasteiger partial charge in [-0.2, -0.15) is 0 Å². The molecule has 0 aliphatic heterocycles. The van der Waals surface area contributed by atoms with Crippen molar-refractivity contribution in [3.63, 3.8) is 0 Å². The molecule has 3 atom stereocenters. The number of nitrogens with one attached hydrogen (secondary N) is 5. The lowest BCUT2D eigenvalue weighted by atomic mass is 9.76. The number of guanidine groups is 1. The van der Waals surface area contributed by atoms with Gasteiger partial charge in [0, 0.05) is 18.0 Å². The third-order valence-corrected chi connectivity index (χ3v) is 8.92. The van der Waals surface area contributed by atoms with E-state index >= 15 is 0 Å². The number of amidine groups is 1. The highest BCUT2D eigenvalue weighted by atomic mass is 35.5. The highest BCUT2D eigenvalue weighted by molar-refractivity contribution is 5.95. The standard InChI is InChI=1S/C33H53N7O4.ClH/c1-21(2)44-32(43)27(14-9-19-38-33(36)37)39-31(42)28(24-12-7-4-8-13-24)40-30(41)26(23-10-5-3-6-11-23)20-22-15-17-25(18-16-22)29(34)35;/h15-18,21,23-24,26-28H,3-14,19-20H2,1-2H3,(H3,34,35)(H,39,42)(H,40,41)(H4,36,37,38);1H. The summed E-state index contributed by atoms with van der Waals surface area (Å²) in [4.78, 5) is 41.1. The van der Waals surface area contributed by atoms with E-state index in [1.807, 2.05) is 24.3 Å². The molecule has 0 bridgehead atoms. The predicted molar refractivity (Wildman–Crippen MR) is 179 cm³/mol. The van der Waals surface area contributed by atoms with Gasteiger partial charge in [0.15, 0.2) is 5.96 Å². The molecule has 3 unspecified atom stereocenters. The number of nitrogens with two attached hydrogens (primary N) is 2. The molecule has 0 saturated heterocycles. The molecular weight excluding hydrogens is 594 g/mol. The largest absolute Gasteiger partial charge is 0.461 e. The molecule has 9 N–H and O–H groups in total. The molecule has 1 aromatic rings. The molecule has 3 rings (SSSR count). The van der Waals surface area contributed by atoms with E-state index in [4.69, 9.17) is 27.0 Å². The average molecular weight is 648 g/mol. The Morgan fingerprint density at radius 3 is 1.98 bits per heavy atom.